The molecular weight excluding hydrogens is 395 g/mol. The summed E-state index contributed by atoms with van der Waals surface area (Å²) in [6.45, 7) is 4.88. The number of likely N-dealkylation sites (tertiary alicyclic amines) is 1. The molecule has 0 unspecified atom stereocenters. The quantitative estimate of drug-likeness (QED) is 0.690. The van der Waals surface area contributed by atoms with Crippen LogP contribution in [0.1, 0.15) is 42.6 Å². The van der Waals surface area contributed by atoms with Gasteiger partial charge in [0.05, 0.1) is 16.9 Å². The standard InChI is InChI=1S/C22H21FN4O2.C2H6/c23-17-5-3-16(4-6-17)14-22(29)8-12-27(13-9-22)21(28)18-2-1-10-25-20(18)19-7-11-24-15-26-19;1-2/h1-7,10-11,15,29H,8-9,12-14H2;1-2H3. The van der Waals surface area contributed by atoms with Crippen LogP contribution in [0.25, 0.3) is 11.4 Å². The lowest BCUT2D eigenvalue weighted by atomic mass is 9.85. The number of amides is 1. The van der Waals surface area contributed by atoms with Crippen molar-refractivity contribution in [3.05, 3.63) is 78.1 Å². The van der Waals surface area contributed by atoms with Crippen LogP contribution < -0.4 is 0 Å². The summed E-state index contributed by atoms with van der Waals surface area (Å²) in [6.07, 6.45) is 6.02. The van der Waals surface area contributed by atoms with E-state index in [1.54, 1.807) is 47.6 Å². The molecule has 1 amide bonds. The van der Waals surface area contributed by atoms with Crippen LogP contribution in [-0.2, 0) is 6.42 Å². The number of benzene rings is 1. The summed E-state index contributed by atoms with van der Waals surface area (Å²) in [5, 5.41) is 10.9. The first-order chi connectivity index (χ1) is 15.0. The van der Waals surface area contributed by atoms with Crippen molar-refractivity contribution in [3.63, 3.8) is 0 Å². The lowest BCUT2D eigenvalue weighted by molar-refractivity contribution is -0.0162. The summed E-state index contributed by atoms with van der Waals surface area (Å²) in [4.78, 5) is 27.3. The summed E-state index contributed by atoms with van der Waals surface area (Å²) in [5.41, 5.74) is 1.57. The highest BCUT2D eigenvalue weighted by Gasteiger charge is 2.35. The van der Waals surface area contributed by atoms with Gasteiger partial charge < -0.3 is 10.0 Å². The van der Waals surface area contributed by atoms with Gasteiger partial charge in [-0.05, 0) is 48.7 Å². The Kier molecular flexibility index (Phi) is 7.41. The first kappa shape index (κ1) is 22.5. The maximum atomic E-state index is 13.1. The molecule has 1 aliphatic heterocycles. The molecule has 3 aromatic rings. The molecule has 1 saturated heterocycles. The van der Waals surface area contributed by atoms with Gasteiger partial charge in [0, 0.05) is 31.9 Å². The Balaban J connectivity index is 0.00000132. The van der Waals surface area contributed by atoms with Crippen LogP contribution in [0.4, 0.5) is 4.39 Å². The molecule has 31 heavy (non-hydrogen) atoms. The molecule has 1 N–H and O–H groups in total. The van der Waals surface area contributed by atoms with Gasteiger partial charge >= 0.3 is 0 Å². The van der Waals surface area contributed by atoms with E-state index in [-0.39, 0.29) is 11.7 Å². The zero-order chi connectivity index (χ0) is 22.3. The maximum absolute atomic E-state index is 13.1. The topological polar surface area (TPSA) is 79.2 Å². The van der Waals surface area contributed by atoms with Crippen molar-refractivity contribution < 1.29 is 14.3 Å². The van der Waals surface area contributed by atoms with Crippen molar-refractivity contribution in [2.24, 2.45) is 0 Å². The minimum atomic E-state index is -0.904. The first-order valence-corrected chi connectivity index (χ1v) is 10.5. The summed E-state index contributed by atoms with van der Waals surface area (Å²) in [5.74, 6) is -0.423. The molecule has 0 atom stereocenters. The normalized spacial score (nSPS) is 15.0. The lowest BCUT2D eigenvalue weighted by Crippen LogP contribution is -2.47. The van der Waals surface area contributed by atoms with Crippen molar-refractivity contribution in [3.8, 4) is 11.4 Å². The molecule has 0 saturated carbocycles. The number of hydrogen-bond acceptors (Lipinski definition) is 5. The second-order valence-corrected chi connectivity index (χ2v) is 7.31. The average molecular weight is 423 g/mol. The molecule has 7 heteroatoms. The number of hydrogen-bond donors (Lipinski definition) is 1. The highest BCUT2D eigenvalue weighted by atomic mass is 19.1. The predicted molar refractivity (Wildman–Crippen MR) is 117 cm³/mol. The molecule has 0 spiro atoms. The Bertz CT molecular complexity index is 988. The van der Waals surface area contributed by atoms with Gasteiger partial charge in [-0.1, -0.05) is 26.0 Å². The zero-order valence-electron chi connectivity index (χ0n) is 17.8. The fraction of sp³-hybridized carbons (Fsp3) is 0.333. The van der Waals surface area contributed by atoms with Crippen LogP contribution in [0.3, 0.4) is 0 Å². The average Bonchev–Trinajstić information content (AvgIpc) is 2.82. The van der Waals surface area contributed by atoms with E-state index in [4.69, 9.17) is 0 Å². The van der Waals surface area contributed by atoms with Gasteiger partial charge in [0.1, 0.15) is 17.8 Å². The van der Waals surface area contributed by atoms with Crippen molar-refractivity contribution in [1.29, 1.82) is 0 Å². The van der Waals surface area contributed by atoms with Crippen LogP contribution in [-0.4, -0.2) is 49.6 Å². The Morgan fingerprint density at radius 3 is 2.42 bits per heavy atom. The van der Waals surface area contributed by atoms with Crippen molar-refractivity contribution >= 4 is 5.91 Å². The van der Waals surface area contributed by atoms with E-state index in [1.807, 2.05) is 13.8 Å². The van der Waals surface area contributed by atoms with Gasteiger partial charge in [-0.25, -0.2) is 14.4 Å². The van der Waals surface area contributed by atoms with Crippen LogP contribution >= 0.6 is 0 Å². The number of rotatable bonds is 4. The number of pyridine rings is 1. The van der Waals surface area contributed by atoms with E-state index in [0.717, 1.165) is 5.56 Å². The molecular formula is C24H27FN4O2. The minimum Gasteiger partial charge on any atom is -0.389 e. The first-order valence-electron chi connectivity index (χ1n) is 10.5. The summed E-state index contributed by atoms with van der Waals surface area (Å²) >= 11 is 0. The number of aromatic nitrogens is 3. The fourth-order valence-corrected chi connectivity index (χ4v) is 3.67. The molecule has 2 aromatic heterocycles. The van der Waals surface area contributed by atoms with E-state index < -0.39 is 5.60 Å². The molecule has 0 bridgehead atoms. The number of nitrogens with zero attached hydrogens (tertiary/aromatic N) is 4. The second kappa shape index (κ2) is 10.2. The maximum Gasteiger partial charge on any atom is 0.256 e. The van der Waals surface area contributed by atoms with Crippen LogP contribution in [0.5, 0.6) is 0 Å². The third-order valence-corrected chi connectivity index (χ3v) is 5.29. The minimum absolute atomic E-state index is 0.129. The van der Waals surface area contributed by atoms with Crippen molar-refractivity contribution in [1.82, 2.24) is 19.9 Å². The summed E-state index contributed by atoms with van der Waals surface area (Å²) in [6, 6.07) is 11.4. The molecule has 1 aromatic carbocycles. The van der Waals surface area contributed by atoms with Gasteiger partial charge in [0.25, 0.3) is 5.91 Å². The summed E-state index contributed by atoms with van der Waals surface area (Å²) in [7, 11) is 0. The number of halogens is 1. The van der Waals surface area contributed by atoms with Crippen molar-refractivity contribution in [2.75, 3.05) is 13.1 Å². The van der Waals surface area contributed by atoms with E-state index in [0.29, 0.717) is 49.3 Å². The van der Waals surface area contributed by atoms with E-state index in [9.17, 15) is 14.3 Å². The molecule has 0 radical (unpaired) electrons. The van der Waals surface area contributed by atoms with Gasteiger partial charge in [-0.15, -0.1) is 0 Å². The van der Waals surface area contributed by atoms with Gasteiger partial charge in [-0.2, -0.15) is 0 Å². The third kappa shape index (κ3) is 5.49. The highest BCUT2D eigenvalue weighted by molar-refractivity contribution is 5.99. The zero-order valence-corrected chi connectivity index (χ0v) is 17.8. The molecule has 1 fully saturated rings. The smallest absolute Gasteiger partial charge is 0.256 e. The Morgan fingerprint density at radius 2 is 1.77 bits per heavy atom. The molecule has 0 aliphatic carbocycles. The summed E-state index contributed by atoms with van der Waals surface area (Å²) < 4.78 is 13.1. The number of aliphatic hydroxyl groups is 1. The SMILES string of the molecule is CC.O=C(c1cccnc1-c1ccncn1)N1CCC(O)(Cc2ccc(F)cc2)CC1. The molecule has 1 aliphatic rings. The lowest BCUT2D eigenvalue weighted by Gasteiger charge is -2.38. The van der Waals surface area contributed by atoms with Gasteiger partial charge in [-0.3, -0.25) is 9.78 Å². The third-order valence-electron chi connectivity index (χ3n) is 5.29. The Hall–Kier alpha value is -3.19. The van der Waals surface area contributed by atoms with Crippen LogP contribution in [0.2, 0.25) is 0 Å². The Labute approximate surface area is 181 Å². The van der Waals surface area contributed by atoms with E-state index in [1.165, 1.54) is 18.5 Å². The van der Waals surface area contributed by atoms with Gasteiger partial charge in [0.15, 0.2) is 0 Å². The molecule has 3 heterocycles. The second-order valence-electron chi connectivity index (χ2n) is 7.31. The Morgan fingerprint density at radius 1 is 1.06 bits per heavy atom. The van der Waals surface area contributed by atoms with Gasteiger partial charge in [0.2, 0.25) is 0 Å². The number of carbonyl (C=O) groups excluding carboxylic acids is 1. The monoisotopic (exact) mass is 422 g/mol. The molecule has 6 nitrogen and oxygen atoms in total. The predicted octanol–water partition coefficient (Wildman–Crippen LogP) is 3.91. The van der Waals surface area contributed by atoms with E-state index >= 15 is 0 Å². The number of piperidine rings is 1. The largest absolute Gasteiger partial charge is 0.389 e. The van der Waals surface area contributed by atoms with Crippen LogP contribution in [0.15, 0.2) is 61.2 Å². The molecule has 162 valence electrons. The van der Waals surface area contributed by atoms with Crippen molar-refractivity contribution in [2.45, 2.75) is 38.7 Å². The molecule has 4 rings (SSSR count). The number of carbonyl (C=O) groups is 1. The van der Waals surface area contributed by atoms with E-state index in [2.05, 4.69) is 15.0 Å². The highest BCUT2D eigenvalue weighted by Crippen LogP contribution is 2.28. The fourth-order valence-electron chi connectivity index (χ4n) is 3.67. The van der Waals surface area contributed by atoms with Crippen LogP contribution in [0, 0.1) is 5.82 Å².